The van der Waals surface area contributed by atoms with Crippen LogP contribution in [0, 0.1) is 0 Å². The molecule has 0 aliphatic heterocycles. The van der Waals surface area contributed by atoms with Crippen molar-refractivity contribution in [3.05, 3.63) is 29.8 Å². The van der Waals surface area contributed by atoms with E-state index in [0.29, 0.717) is 6.54 Å². The quantitative estimate of drug-likeness (QED) is 0.303. The van der Waals surface area contributed by atoms with Crippen molar-refractivity contribution in [1.29, 1.82) is 0 Å². The Morgan fingerprint density at radius 3 is 2.50 bits per heavy atom. The Labute approximate surface area is 151 Å². The van der Waals surface area contributed by atoms with E-state index in [4.69, 9.17) is 0 Å². The van der Waals surface area contributed by atoms with E-state index >= 15 is 0 Å². The molecule has 126 valence electrons. The van der Waals surface area contributed by atoms with Gasteiger partial charge >= 0.3 is 6.61 Å². The summed E-state index contributed by atoms with van der Waals surface area (Å²) in [5, 5.41) is 3.26. The van der Waals surface area contributed by atoms with Crippen molar-refractivity contribution in [1.82, 2.24) is 10.2 Å². The monoisotopic (exact) mass is 445 g/mol. The lowest BCUT2D eigenvalue weighted by molar-refractivity contribution is -0.0498. The maximum absolute atomic E-state index is 12.1. The Bertz CT molecular complexity index is 446. The van der Waals surface area contributed by atoms with Crippen molar-refractivity contribution in [3.8, 4) is 5.75 Å². The van der Waals surface area contributed by atoms with Gasteiger partial charge in [-0.3, -0.25) is 4.99 Å². The fourth-order valence-corrected chi connectivity index (χ4v) is 2.08. The number of hydrogen-bond donors (Lipinski definition) is 1. The van der Waals surface area contributed by atoms with Crippen molar-refractivity contribution in [2.45, 2.75) is 13.2 Å². The number of rotatable bonds is 7. The molecule has 0 saturated heterocycles. The van der Waals surface area contributed by atoms with Crippen LogP contribution in [0.1, 0.15) is 5.56 Å². The third-order valence-electron chi connectivity index (χ3n) is 2.73. The van der Waals surface area contributed by atoms with Gasteiger partial charge in [0.15, 0.2) is 5.96 Å². The van der Waals surface area contributed by atoms with Crippen LogP contribution in [0.4, 0.5) is 8.78 Å². The fourth-order valence-electron chi connectivity index (χ4n) is 1.77. The Balaban J connectivity index is 0.00000441. The zero-order chi connectivity index (χ0) is 15.7. The first kappa shape index (κ1) is 21.2. The normalized spacial score (nSPS) is 11.1. The smallest absolute Gasteiger partial charge is 0.387 e. The standard InChI is InChI=1S/C14H21F2N3OS.HI/c1-17-14(18-8-9-21-3)19(2)10-11-4-6-12(7-5-11)20-13(15)16;/h4-7,13H,8-10H2,1-3H3,(H,17,18);1H. The molecule has 22 heavy (non-hydrogen) atoms. The summed E-state index contributed by atoms with van der Waals surface area (Å²) in [6.07, 6.45) is 2.05. The van der Waals surface area contributed by atoms with Crippen molar-refractivity contribution in [3.63, 3.8) is 0 Å². The highest BCUT2D eigenvalue weighted by Crippen LogP contribution is 2.15. The Morgan fingerprint density at radius 2 is 2.00 bits per heavy atom. The van der Waals surface area contributed by atoms with Crippen LogP contribution >= 0.6 is 35.7 Å². The molecule has 0 aliphatic carbocycles. The average molecular weight is 445 g/mol. The van der Waals surface area contributed by atoms with E-state index in [1.54, 1.807) is 43.1 Å². The highest BCUT2D eigenvalue weighted by atomic mass is 127. The number of thioether (sulfide) groups is 1. The molecule has 0 aromatic heterocycles. The highest BCUT2D eigenvalue weighted by molar-refractivity contribution is 14.0. The van der Waals surface area contributed by atoms with Gasteiger partial charge in [-0.25, -0.2) is 0 Å². The molecule has 4 nitrogen and oxygen atoms in total. The highest BCUT2D eigenvalue weighted by Gasteiger charge is 2.07. The third-order valence-corrected chi connectivity index (χ3v) is 3.34. The minimum atomic E-state index is -2.79. The van der Waals surface area contributed by atoms with Gasteiger partial charge in [0.2, 0.25) is 0 Å². The lowest BCUT2D eigenvalue weighted by Gasteiger charge is -2.22. The first-order chi connectivity index (χ1) is 10.1. The molecule has 0 heterocycles. The van der Waals surface area contributed by atoms with Crippen molar-refractivity contribution in [2.24, 2.45) is 4.99 Å². The number of ether oxygens (including phenoxy) is 1. The number of aliphatic imine (C=N–C) groups is 1. The minimum Gasteiger partial charge on any atom is -0.435 e. The van der Waals surface area contributed by atoms with Gasteiger partial charge in [-0.1, -0.05) is 12.1 Å². The molecule has 0 atom stereocenters. The number of hydrogen-bond acceptors (Lipinski definition) is 3. The predicted molar refractivity (Wildman–Crippen MR) is 99.7 cm³/mol. The zero-order valence-electron chi connectivity index (χ0n) is 12.9. The zero-order valence-corrected chi connectivity index (χ0v) is 16.0. The Kier molecular flexibility index (Phi) is 11.3. The van der Waals surface area contributed by atoms with Crippen LogP contribution in [0.5, 0.6) is 5.75 Å². The van der Waals surface area contributed by atoms with Gasteiger partial charge in [-0.05, 0) is 24.0 Å². The maximum Gasteiger partial charge on any atom is 0.387 e. The average Bonchev–Trinajstić information content (AvgIpc) is 2.45. The van der Waals surface area contributed by atoms with E-state index in [0.717, 1.165) is 23.8 Å². The van der Waals surface area contributed by atoms with E-state index in [1.807, 2.05) is 11.9 Å². The van der Waals surface area contributed by atoms with Crippen molar-refractivity contribution < 1.29 is 13.5 Å². The van der Waals surface area contributed by atoms with E-state index in [-0.39, 0.29) is 29.7 Å². The lowest BCUT2D eigenvalue weighted by atomic mass is 10.2. The second-order valence-corrected chi connectivity index (χ2v) is 5.33. The molecule has 8 heteroatoms. The number of alkyl halides is 2. The molecule has 0 fully saturated rings. The first-order valence-electron chi connectivity index (χ1n) is 6.51. The topological polar surface area (TPSA) is 36.9 Å². The largest absolute Gasteiger partial charge is 0.435 e. The maximum atomic E-state index is 12.1. The SMILES string of the molecule is CN=C(NCCSC)N(C)Cc1ccc(OC(F)F)cc1.I. The fraction of sp³-hybridized carbons (Fsp3) is 0.500. The molecule has 0 unspecified atom stereocenters. The molecule has 0 aliphatic rings. The van der Waals surface area contributed by atoms with Gasteiger partial charge in [-0.2, -0.15) is 20.5 Å². The van der Waals surface area contributed by atoms with Crippen LogP contribution in [-0.4, -0.2) is 50.1 Å². The van der Waals surface area contributed by atoms with Gasteiger partial charge in [0.25, 0.3) is 0 Å². The van der Waals surface area contributed by atoms with E-state index in [2.05, 4.69) is 21.3 Å². The molecule has 1 N–H and O–H groups in total. The molecule has 1 aromatic rings. The van der Waals surface area contributed by atoms with Crippen LogP contribution in [0.15, 0.2) is 29.3 Å². The number of benzene rings is 1. The molecular weight excluding hydrogens is 423 g/mol. The summed E-state index contributed by atoms with van der Waals surface area (Å²) in [6, 6.07) is 6.62. The van der Waals surface area contributed by atoms with Gasteiger partial charge in [0.05, 0.1) is 0 Å². The summed E-state index contributed by atoms with van der Waals surface area (Å²) in [5.74, 6) is 1.97. The molecular formula is C14H22F2IN3OS. The van der Waals surface area contributed by atoms with Crippen LogP contribution in [0.3, 0.4) is 0 Å². The number of guanidine groups is 1. The second-order valence-electron chi connectivity index (χ2n) is 4.35. The van der Waals surface area contributed by atoms with Crippen LogP contribution in [0.2, 0.25) is 0 Å². The summed E-state index contributed by atoms with van der Waals surface area (Å²) >= 11 is 1.76. The van der Waals surface area contributed by atoms with Gasteiger partial charge < -0.3 is 15.0 Å². The molecule has 0 saturated carbocycles. The summed E-state index contributed by atoms with van der Waals surface area (Å²) in [4.78, 5) is 6.19. The predicted octanol–water partition coefficient (Wildman–Crippen LogP) is 3.28. The van der Waals surface area contributed by atoms with Gasteiger partial charge in [0, 0.05) is 32.9 Å². The lowest BCUT2D eigenvalue weighted by Crippen LogP contribution is -2.39. The number of nitrogens with zero attached hydrogens (tertiary/aromatic N) is 2. The summed E-state index contributed by atoms with van der Waals surface area (Å²) in [6.45, 7) is -1.31. The Hall–Kier alpha value is -0.770. The summed E-state index contributed by atoms with van der Waals surface area (Å²) in [5.41, 5.74) is 0.993. The van der Waals surface area contributed by atoms with E-state index in [9.17, 15) is 8.78 Å². The van der Waals surface area contributed by atoms with Crippen LogP contribution < -0.4 is 10.1 Å². The molecule has 0 amide bonds. The van der Waals surface area contributed by atoms with Crippen LogP contribution in [0.25, 0.3) is 0 Å². The molecule has 0 radical (unpaired) electrons. The molecule has 1 aromatic carbocycles. The van der Waals surface area contributed by atoms with Gasteiger partial charge in [0.1, 0.15) is 5.75 Å². The van der Waals surface area contributed by atoms with Gasteiger partial charge in [-0.15, -0.1) is 24.0 Å². The van der Waals surface area contributed by atoms with Crippen molar-refractivity contribution >= 4 is 41.7 Å². The minimum absolute atomic E-state index is 0. The number of halogens is 3. The van der Waals surface area contributed by atoms with Crippen LogP contribution in [-0.2, 0) is 6.54 Å². The van der Waals surface area contributed by atoms with E-state index in [1.165, 1.54) is 0 Å². The van der Waals surface area contributed by atoms with E-state index < -0.39 is 6.61 Å². The molecule has 1 rings (SSSR count). The molecule has 0 bridgehead atoms. The third kappa shape index (κ3) is 8.02. The van der Waals surface area contributed by atoms with Crippen molar-refractivity contribution in [2.75, 3.05) is 32.6 Å². The molecule has 0 spiro atoms. The second kappa shape index (κ2) is 11.8. The number of nitrogens with one attached hydrogen (secondary N) is 1. The summed E-state index contributed by atoms with van der Waals surface area (Å²) in [7, 11) is 3.66. The summed E-state index contributed by atoms with van der Waals surface area (Å²) < 4.78 is 28.5. The Morgan fingerprint density at radius 1 is 1.36 bits per heavy atom. The first-order valence-corrected chi connectivity index (χ1v) is 7.90.